The summed E-state index contributed by atoms with van der Waals surface area (Å²) in [7, 11) is 0. The lowest BCUT2D eigenvalue weighted by Crippen LogP contribution is -2.27. The van der Waals surface area contributed by atoms with Crippen LogP contribution in [0.4, 0.5) is 0 Å². The molecule has 0 unspecified atom stereocenters. The topological polar surface area (TPSA) is 51.0 Å². The number of nitrogens with one attached hydrogen (secondary N) is 1. The molecular formula is C15H19N3O. The van der Waals surface area contributed by atoms with Gasteiger partial charge >= 0.3 is 0 Å². The van der Waals surface area contributed by atoms with Gasteiger partial charge in [0.05, 0.1) is 23.2 Å². The van der Waals surface area contributed by atoms with Crippen molar-refractivity contribution in [3.63, 3.8) is 0 Å². The predicted molar refractivity (Wildman–Crippen MR) is 74.0 cm³/mol. The monoisotopic (exact) mass is 257 g/mol. The highest BCUT2D eigenvalue weighted by Gasteiger charge is 2.20. The van der Waals surface area contributed by atoms with Crippen LogP contribution in [0.25, 0.3) is 11.4 Å². The molecule has 0 spiro atoms. The van der Waals surface area contributed by atoms with Crippen LogP contribution < -0.4 is 5.32 Å². The summed E-state index contributed by atoms with van der Waals surface area (Å²) in [4.78, 5) is 9.53. The van der Waals surface area contributed by atoms with Gasteiger partial charge in [0, 0.05) is 25.1 Å². The number of hydrogen-bond acceptors (Lipinski definition) is 4. The van der Waals surface area contributed by atoms with Crippen LogP contribution in [0, 0.1) is 6.92 Å². The SMILES string of the molecule is Cc1occc1-c1nc2c(c(C(C)C)n1)CNCC2. The molecular weight excluding hydrogens is 238 g/mol. The lowest BCUT2D eigenvalue weighted by molar-refractivity contribution is 0.535. The number of fused-ring (bicyclic) bond motifs is 1. The van der Waals surface area contributed by atoms with Gasteiger partial charge in [-0.15, -0.1) is 0 Å². The molecule has 100 valence electrons. The van der Waals surface area contributed by atoms with Crippen molar-refractivity contribution in [3.05, 3.63) is 35.0 Å². The molecule has 3 heterocycles. The lowest BCUT2D eigenvalue weighted by Gasteiger charge is -2.21. The highest BCUT2D eigenvalue weighted by molar-refractivity contribution is 5.58. The van der Waals surface area contributed by atoms with E-state index < -0.39 is 0 Å². The van der Waals surface area contributed by atoms with Gasteiger partial charge in [0.1, 0.15) is 5.76 Å². The Morgan fingerprint density at radius 3 is 2.84 bits per heavy atom. The maximum atomic E-state index is 5.37. The number of hydrogen-bond donors (Lipinski definition) is 1. The first kappa shape index (κ1) is 12.4. The van der Waals surface area contributed by atoms with Gasteiger partial charge < -0.3 is 9.73 Å². The number of nitrogens with zero attached hydrogens (tertiary/aromatic N) is 2. The quantitative estimate of drug-likeness (QED) is 0.898. The van der Waals surface area contributed by atoms with Gasteiger partial charge in [-0.25, -0.2) is 9.97 Å². The summed E-state index contributed by atoms with van der Waals surface area (Å²) in [6.07, 6.45) is 2.67. The molecule has 0 radical (unpaired) electrons. The Morgan fingerprint density at radius 2 is 2.16 bits per heavy atom. The maximum Gasteiger partial charge on any atom is 0.163 e. The first-order valence-corrected chi connectivity index (χ1v) is 6.81. The van der Waals surface area contributed by atoms with Crippen LogP contribution in [0.2, 0.25) is 0 Å². The van der Waals surface area contributed by atoms with Crippen LogP contribution in [0.5, 0.6) is 0 Å². The molecule has 0 aliphatic carbocycles. The van der Waals surface area contributed by atoms with E-state index in [2.05, 4.69) is 19.2 Å². The van der Waals surface area contributed by atoms with E-state index in [1.165, 1.54) is 11.3 Å². The molecule has 0 fully saturated rings. The van der Waals surface area contributed by atoms with Crippen molar-refractivity contribution in [2.75, 3.05) is 6.54 Å². The molecule has 0 atom stereocenters. The standard InChI is InChI=1S/C15H19N3O/c1-9(2)14-12-8-16-6-4-13(12)17-15(18-14)11-5-7-19-10(11)3/h5,7,9,16H,4,6,8H2,1-3H3. The molecule has 2 aromatic rings. The van der Waals surface area contributed by atoms with Crippen LogP contribution >= 0.6 is 0 Å². The minimum Gasteiger partial charge on any atom is -0.469 e. The normalized spacial score (nSPS) is 14.7. The molecule has 0 saturated carbocycles. The molecule has 2 aromatic heterocycles. The Bertz CT molecular complexity index is 601. The van der Waals surface area contributed by atoms with Crippen molar-refractivity contribution in [2.24, 2.45) is 0 Å². The second kappa shape index (κ2) is 4.78. The second-order valence-electron chi connectivity index (χ2n) is 5.33. The van der Waals surface area contributed by atoms with Crippen LogP contribution in [0.15, 0.2) is 16.7 Å². The van der Waals surface area contributed by atoms with Crippen molar-refractivity contribution in [1.82, 2.24) is 15.3 Å². The summed E-state index contributed by atoms with van der Waals surface area (Å²) in [6, 6.07) is 1.95. The molecule has 1 aliphatic rings. The van der Waals surface area contributed by atoms with E-state index in [1.807, 2.05) is 13.0 Å². The molecule has 4 nitrogen and oxygen atoms in total. The van der Waals surface area contributed by atoms with E-state index in [-0.39, 0.29) is 0 Å². The lowest BCUT2D eigenvalue weighted by atomic mass is 9.98. The maximum absolute atomic E-state index is 5.37. The van der Waals surface area contributed by atoms with Gasteiger partial charge in [0.25, 0.3) is 0 Å². The van der Waals surface area contributed by atoms with Crippen LogP contribution in [0.1, 0.15) is 42.5 Å². The van der Waals surface area contributed by atoms with Gasteiger partial charge in [-0.2, -0.15) is 0 Å². The zero-order valence-corrected chi connectivity index (χ0v) is 11.7. The minimum absolute atomic E-state index is 0.405. The third kappa shape index (κ3) is 2.16. The average Bonchev–Trinajstić information content (AvgIpc) is 2.83. The summed E-state index contributed by atoms with van der Waals surface area (Å²) in [5.41, 5.74) is 4.63. The Kier molecular flexibility index (Phi) is 3.11. The van der Waals surface area contributed by atoms with E-state index in [9.17, 15) is 0 Å². The fraction of sp³-hybridized carbons (Fsp3) is 0.467. The Labute approximate surface area is 113 Å². The molecule has 1 N–H and O–H groups in total. The van der Waals surface area contributed by atoms with Gasteiger partial charge in [0.15, 0.2) is 5.82 Å². The van der Waals surface area contributed by atoms with E-state index >= 15 is 0 Å². The third-order valence-electron chi connectivity index (χ3n) is 3.61. The van der Waals surface area contributed by atoms with E-state index in [0.29, 0.717) is 5.92 Å². The molecule has 19 heavy (non-hydrogen) atoms. The van der Waals surface area contributed by atoms with Crippen molar-refractivity contribution in [3.8, 4) is 11.4 Å². The Balaban J connectivity index is 2.17. The van der Waals surface area contributed by atoms with Crippen molar-refractivity contribution in [1.29, 1.82) is 0 Å². The molecule has 0 bridgehead atoms. The number of aryl methyl sites for hydroxylation is 1. The summed E-state index contributed by atoms with van der Waals surface area (Å²) >= 11 is 0. The first-order chi connectivity index (χ1) is 9.16. The molecule has 0 amide bonds. The van der Waals surface area contributed by atoms with Crippen molar-refractivity contribution >= 4 is 0 Å². The van der Waals surface area contributed by atoms with E-state index in [4.69, 9.17) is 14.4 Å². The Morgan fingerprint density at radius 1 is 1.32 bits per heavy atom. The Hall–Kier alpha value is -1.68. The summed E-state index contributed by atoms with van der Waals surface area (Å²) < 4.78 is 5.37. The molecule has 3 rings (SSSR count). The highest BCUT2D eigenvalue weighted by Crippen LogP contribution is 2.27. The highest BCUT2D eigenvalue weighted by atomic mass is 16.3. The summed E-state index contributed by atoms with van der Waals surface area (Å²) in [5.74, 6) is 2.08. The van der Waals surface area contributed by atoms with E-state index in [0.717, 1.165) is 42.4 Å². The zero-order valence-electron chi connectivity index (χ0n) is 11.7. The van der Waals surface area contributed by atoms with Crippen molar-refractivity contribution < 1.29 is 4.42 Å². The number of furan rings is 1. The van der Waals surface area contributed by atoms with Crippen LogP contribution in [0.3, 0.4) is 0 Å². The van der Waals surface area contributed by atoms with Gasteiger partial charge in [-0.3, -0.25) is 0 Å². The van der Waals surface area contributed by atoms with E-state index in [1.54, 1.807) is 6.26 Å². The average molecular weight is 257 g/mol. The smallest absolute Gasteiger partial charge is 0.163 e. The molecule has 0 aromatic carbocycles. The fourth-order valence-electron chi connectivity index (χ4n) is 2.58. The first-order valence-electron chi connectivity index (χ1n) is 6.81. The minimum atomic E-state index is 0.405. The van der Waals surface area contributed by atoms with Crippen LogP contribution in [-0.2, 0) is 13.0 Å². The molecule has 0 saturated heterocycles. The third-order valence-corrected chi connectivity index (χ3v) is 3.61. The molecule has 4 heteroatoms. The molecule has 1 aliphatic heterocycles. The zero-order chi connectivity index (χ0) is 13.4. The van der Waals surface area contributed by atoms with Crippen LogP contribution in [-0.4, -0.2) is 16.5 Å². The fourth-order valence-corrected chi connectivity index (χ4v) is 2.58. The van der Waals surface area contributed by atoms with Gasteiger partial charge in [-0.05, 0) is 18.9 Å². The second-order valence-corrected chi connectivity index (χ2v) is 5.33. The summed E-state index contributed by atoms with van der Waals surface area (Å²) in [6.45, 7) is 8.19. The number of aromatic nitrogens is 2. The van der Waals surface area contributed by atoms with Crippen molar-refractivity contribution in [2.45, 2.75) is 39.7 Å². The summed E-state index contributed by atoms with van der Waals surface area (Å²) in [5, 5.41) is 3.40. The van der Waals surface area contributed by atoms with Gasteiger partial charge in [-0.1, -0.05) is 13.8 Å². The largest absolute Gasteiger partial charge is 0.469 e. The number of rotatable bonds is 2. The predicted octanol–water partition coefficient (Wildman–Crippen LogP) is 2.81. The van der Waals surface area contributed by atoms with Gasteiger partial charge in [0.2, 0.25) is 0 Å².